The molecule has 0 aliphatic heterocycles. The number of fused-ring (bicyclic) bond motifs is 3. The van der Waals surface area contributed by atoms with Crippen molar-refractivity contribution in [3.63, 3.8) is 0 Å². The molecule has 0 fully saturated rings. The number of aliphatic hydroxyl groups is 1. The van der Waals surface area contributed by atoms with Crippen LogP contribution in [0.5, 0.6) is 0 Å². The van der Waals surface area contributed by atoms with Gasteiger partial charge in [0.05, 0.1) is 26.5 Å². The van der Waals surface area contributed by atoms with Crippen LogP contribution in [0.3, 0.4) is 0 Å². The summed E-state index contributed by atoms with van der Waals surface area (Å²) in [6.07, 6.45) is -0.578. The van der Waals surface area contributed by atoms with Crippen LogP contribution in [0.1, 0.15) is 6.92 Å². The second kappa shape index (κ2) is 5.31. The Morgan fingerprint density at radius 2 is 2.35 bits per heavy atom. The van der Waals surface area contributed by atoms with Crippen molar-refractivity contribution in [2.75, 3.05) is 11.9 Å². The highest BCUT2D eigenvalue weighted by atomic mass is 32.1. The van der Waals surface area contributed by atoms with Crippen LogP contribution in [0.2, 0.25) is 0 Å². The highest BCUT2D eigenvalue weighted by Gasteiger charge is 2.11. The predicted molar refractivity (Wildman–Crippen MR) is 81.5 cm³/mol. The van der Waals surface area contributed by atoms with Crippen LogP contribution in [-0.2, 0) is 0 Å². The number of hydrogen-bond acceptors (Lipinski definition) is 6. The normalized spacial score (nSPS) is 12.7. The molecule has 0 aliphatic carbocycles. The van der Waals surface area contributed by atoms with Gasteiger partial charge in [0.25, 0.3) is 0 Å². The number of aromatic nitrogens is 2. The molecule has 3 aromatic rings. The van der Waals surface area contributed by atoms with Gasteiger partial charge in [0.1, 0.15) is 5.52 Å². The number of aliphatic hydroxyl groups excluding tert-OH is 1. The van der Waals surface area contributed by atoms with Crippen LogP contribution in [0.15, 0.2) is 17.6 Å². The summed E-state index contributed by atoms with van der Waals surface area (Å²) >= 11 is 2.97. The van der Waals surface area contributed by atoms with Crippen LogP contribution in [0.4, 0.5) is 9.93 Å². The van der Waals surface area contributed by atoms with Crippen LogP contribution < -0.4 is 10.6 Å². The molecular formula is C12H12N4O2S2. The number of urea groups is 1. The zero-order valence-corrected chi connectivity index (χ0v) is 12.2. The number of anilines is 1. The van der Waals surface area contributed by atoms with Crippen LogP contribution in [-0.4, -0.2) is 33.8 Å². The fraction of sp³-hybridized carbons (Fsp3) is 0.250. The summed E-state index contributed by atoms with van der Waals surface area (Å²) in [6.45, 7) is 1.81. The molecule has 0 radical (unpaired) electrons. The van der Waals surface area contributed by atoms with E-state index in [0.717, 1.165) is 20.4 Å². The van der Waals surface area contributed by atoms with Crippen molar-refractivity contribution in [2.45, 2.75) is 13.0 Å². The minimum Gasteiger partial charge on any atom is -0.392 e. The Labute approximate surface area is 122 Å². The summed E-state index contributed by atoms with van der Waals surface area (Å²) in [7, 11) is 0. The Morgan fingerprint density at radius 3 is 3.15 bits per heavy atom. The molecular weight excluding hydrogens is 296 g/mol. The molecule has 0 saturated heterocycles. The second-order valence-electron chi connectivity index (χ2n) is 4.32. The molecule has 0 spiro atoms. The molecule has 3 rings (SSSR count). The summed E-state index contributed by atoms with van der Waals surface area (Å²) < 4.78 is 2.07. The van der Waals surface area contributed by atoms with Gasteiger partial charge in [-0.1, -0.05) is 11.3 Å². The highest BCUT2D eigenvalue weighted by Crippen LogP contribution is 2.33. The Morgan fingerprint density at radius 1 is 1.50 bits per heavy atom. The first-order valence-corrected chi connectivity index (χ1v) is 7.69. The molecule has 20 heavy (non-hydrogen) atoms. The van der Waals surface area contributed by atoms with Crippen LogP contribution in [0, 0.1) is 0 Å². The Bertz CT molecular complexity index is 765. The zero-order chi connectivity index (χ0) is 14.1. The third-order valence-electron chi connectivity index (χ3n) is 2.63. The van der Waals surface area contributed by atoms with Crippen LogP contribution >= 0.6 is 22.7 Å². The first kappa shape index (κ1) is 13.2. The number of carbonyl (C=O) groups is 1. The number of amides is 2. The summed E-state index contributed by atoms with van der Waals surface area (Å²) in [5.41, 5.74) is 3.54. The quantitative estimate of drug-likeness (QED) is 0.693. The minimum absolute atomic E-state index is 0.201. The van der Waals surface area contributed by atoms with E-state index in [1.807, 2.05) is 12.1 Å². The molecule has 2 amide bonds. The molecule has 3 N–H and O–H groups in total. The highest BCUT2D eigenvalue weighted by molar-refractivity contribution is 7.24. The lowest BCUT2D eigenvalue weighted by Gasteiger charge is -2.06. The number of hydrogen-bond donors (Lipinski definition) is 3. The fourth-order valence-corrected chi connectivity index (χ4v) is 3.46. The molecule has 6 nitrogen and oxygen atoms in total. The predicted octanol–water partition coefficient (Wildman–Crippen LogP) is 2.41. The lowest BCUT2D eigenvalue weighted by molar-refractivity contribution is 0.190. The molecule has 1 atom stereocenters. The van der Waals surface area contributed by atoms with Gasteiger partial charge in [-0.05, 0) is 19.1 Å². The Kier molecular flexibility index (Phi) is 3.51. The summed E-state index contributed by atoms with van der Waals surface area (Å²) in [6, 6.07) is 3.52. The molecule has 104 valence electrons. The third-order valence-corrected chi connectivity index (χ3v) is 4.42. The first-order valence-electron chi connectivity index (χ1n) is 5.99. The lowest BCUT2D eigenvalue weighted by atomic mass is 10.3. The molecule has 0 unspecified atom stereocenters. The Balaban J connectivity index is 1.84. The SMILES string of the molecule is C[C@@H](O)CNC(=O)Nc1nc2ccc3scnc3c2s1. The van der Waals surface area contributed by atoms with E-state index in [1.165, 1.54) is 11.3 Å². The maximum Gasteiger partial charge on any atom is 0.321 e. The maximum atomic E-state index is 11.6. The molecule has 1 aromatic carbocycles. The van der Waals surface area contributed by atoms with Crippen LogP contribution in [0.25, 0.3) is 20.4 Å². The summed E-state index contributed by atoms with van der Waals surface area (Å²) in [5.74, 6) is 0. The van der Waals surface area contributed by atoms with Crippen molar-refractivity contribution >= 4 is 54.3 Å². The average Bonchev–Trinajstić information content (AvgIpc) is 3.00. The number of thiazole rings is 2. The molecule has 2 heterocycles. The van der Waals surface area contributed by atoms with Gasteiger partial charge in [-0.3, -0.25) is 5.32 Å². The van der Waals surface area contributed by atoms with Crippen molar-refractivity contribution in [1.82, 2.24) is 15.3 Å². The standard InChI is InChI=1S/C12H12N4O2S2/c1-6(17)4-13-11(18)16-12-15-7-2-3-8-9(10(7)20-12)14-5-19-8/h2-3,5-6,17H,4H2,1H3,(H2,13,15,16,18)/t6-/m1/s1. The molecule has 8 heteroatoms. The van der Waals surface area contributed by atoms with E-state index in [4.69, 9.17) is 5.11 Å². The van der Waals surface area contributed by atoms with Crippen molar-refractivity contribution in [3.05, 3.63) is 17.6 Å². The van der Waals surface area contributed by atoms with E-state index >= 15 is 0 Å². The van der Waals surface area contributed by atoms with Gasteiger partial charge in [-0.25, -0.2) is 14.8 Å². The van der Waals surface area contributed by atoms with Crippen molar-refractivity contribution in [2.24, 2.45) is 0 Å². The van der Waals surface area contributed by atoms with Crippen molar-refractivity contribution in [1.29, 1.82) is 0 Å². The summed E-state index contributed by atoms with van der Waals surface area (Å²) in [4.78, 5) is 20.3. The van der Waals surface area contributed by atoms with Crippen molar-refractivity contribution < 1.29 is 9.90 Å². The van der Waals surface area contributed by atoms with Gasteiger partial charge < -0.3 is 10.4 Å². The minimum atomic E-state index is -0.578. The number of benzene rings is 1. The average molecular weight is 308 g/mol. The molecule has 0 bridgehead atoms. The molecule has 0 aliphatic rings. The third kappa shape index (κ3) is 2.58. The van der Waals surface area contributed by atoms with Gasteiger partial charge in [0.2, 0.25) is 0 Å². The van der Waals surface area contributed by atoms with Gasteiger partial charge in [-0.2, -0.15) is 0 Å². The maximum absolute atomic E-state index is 11.6. The lowest BCUT2D eigenvalue weighted by Crippen LogP contribution is -2.34. The topological polar surface area (TPSA) is 87.1 Å². The smallest absolute Gasteiger partial charge is 0.321 e. The van der Waals surface area contributed by atoms with E-state index in [9.17, 15) is 4.79 Å². The molecule has 2 aromatic heterocycles. The zero-order valence-electron chi connectivity index (χ0n) is 10.6. The van der Waals surface area contributed by atoms with E-state index in [1.54, 1.807) is 23.8 Å². The number of nitrogens with zero attached hydrogens (tertiary/aromatic N) is 2. The number of nitrogens with one attached hydrogen (secondary N) is 2. The van der Waals surface area contributed by atoms with E-state index in [2.05, 4.69) is 20.6 Å². The van der Waals surface area contributed by atoms with Crippen molar-refractivity contribution in [3.8, 4) is 0 Å². The Hall–Kier alpha value is -1.77. The fourth-order valence-electron chi connectivity index (χ4n) is 1.75. The van der Waals surface area contributed by atoms with Gasteiger partial charge in [0.15, 0.2) is 5.13 Å². The van der Waals surface area contributed by atoms with E-state index in [-0.39, 0.29) is 12.6 Å². The largest absolute Gasteiger partial charge is 0.392 e. The van der Waals surface area contributed by atoms with Gasteiger partial charge in [-0.15, -0.1) is 11.3 Å². The first-order chi connectivity index (χ1) is 9.63. The second-order valence-corrected chi connectivity index (χ2v) is 6.20. The number of carbonyl (C=O) groups excluding carboxylic acids is 1. The van der Waals surface area contributed by atoms with Gasteiger partial charge >= 0.3 is 6.03 Å². The number of rotatable bonds is 3. The summed E-state index contributed by atoms with van der Waals surface area (Å²) in [5, 5.41) is 14.9. The van der Waals surface area contributed by atoms with E-state index < -0.39 is 6.10 Å². The van der Waals surface area contributed by atoms with E-state index in [0.29, 0.717) is 5.13 Å². The molecule has 0 saturated carbocycles. The monoisotopic (exact) mass is 308 g/mol. The van der Waals surface area contributed by atoms with Gasteiger partial charge in [0, 0.05) is 6.54 Å².